The summed E-state index contributed by atoms with van der Waals surface area (Å²) in [6.45, 7) is 6.48. The Bertz CT molecular complexity index is 967. The molecule has 2 amide bonds. The van der Waals surface area contributed by atoms with Crippen LogP contribution in [0.1, 0.15) is 66.3 Å². The molecule has 0 radical (unpaired) electrons. The minimum Gasteiger partial charge on any atom is -0.471 e. The van der Waals surface area contributed by atoms with Crippen molar-refractivity contribution in [1.82, 2.24) is 14.9 Å². The summed E-state index contributed by atoms with van der Waals surface area (Å²) in [6.07, 6.45) is 0.754. The highest BCUT2D eigenvalue weighted by molar-refractivity contribution is 6.02. The number of anilines is 1. The van der Waals surface area contributed by atoms with Crippen molar-refractivity contribution in [3.05, 3.63) is 46.8 Å². The Morgan fingerprint density at radius 3 is 2.73 bits per heavy atom. The molecule has 2 aromatic rings. The van der Waals surface area contributed by atoms with E-state index < -0.39 is 13.0 Å². The number of nitrogens with zero attached hydrogens (tertiary/aromatic N) is 3. The lowest BCUT2D eigenvalue weighted by molar-refractivity contribution is -0.115. The van der Waals surface area contributed by atoms with Crippen LogP contribution in [-0.2, 0) is 4.79 Å². The fraction of sp³-hybridized carbons (Fsp3) is 0.429. The van der Waals surface area contributed by atoms with Crippen molar-refractivity contribution >= 4 is 17.6 Å². The molecule has 7 nitrogen and oxygen atoms in total. The standard InChI is InChI=1S/C21H24F2N4O3/c1-5-17(28)26-19-18-13(4)27(21(29)15(18)6-7-24-19)12(3)14-8-11(2)20(25-9-14)30-10-16(22)23/h6-9,12-13,16H,5,10H2,1-4H3,(H,24,26,28). The van der Waals surface area contributed by atoms with E-state index in [9.17, 15) is 18.4 Å². The van der Waals surface area contributed by atoms with Crippen LogP contribution in [0.3, 0.4) is 0 Å². The van der Waals surface area contributed by atoms with Crippen molar-refractivity contribution in [2.45, 2.75) is 52.6 Å². The van der Waals surface area contributed by atoms with Gasteiger partial charge in [0.25, 0.3) is 12.3 Å². The molecule has 9 heteroatoms. The van der Waals surface area contributed by atoms with Crippen LogP contribution >= 0.6 is 0 Å². The minimum absolute atomic E-state index is 0.143. The van der Waals surface area contributed by atoms with E-state index in [1.54, 1.807) is 30.9 Å². The molecule has 0 saturated carbocycles. The number of amides is 2. The molecular formula is C21H24F2N4O3. The molecule has 1 aliphatic heterocycles. The van der Waals surface area contributed by atoms with Crippen molar-refractivity contribution in [3.63, 3.8) is 0 Å². The van der Waals surface area contributed by atoms with Gasteiger partial charge in [-0.25, -0.2) is 18.7 Å². The van der Waals surface area contributed by atoms with Crippen LogP contribution in [0.4, 0.5) is 14.6 Å². The fourth-order valence-electron chi connectivity index (χ4n) is 3.63. The van der Waals surface area contributed by atoms with Gasteiger partial charge in [-0.15, -0.1) is 0 Å². The average molecular weight is 418 g/mol. The number of aryl methyl sites for hydroxylation is 1. The third kappa shape index (κ3) is 4.10. The summed E-state index contributed by atoms with van der Waals surface area (Å²) >= 11 is 0. The van der Waals surface area contributed by atoms with Gasteiger partial charge in [0.15, 0.2) is 6.61 Å². The van der Waals surface area contributed by atoms with E-state index in [1.165, 1.54) is 12.4 Å². The Labute approximate surface area is 173 Å². The first-order valence-corrected chi connectivity index (χ1v) is 9.73. The first-order valence-electron chi connectivity index (χ1n) is 9.73. The lowest BCUT2D eigenvalue weighted by Crippen LogP contribution is -2.30. The summed E-state index contributed by atoms with van der Waals surface area (Å²) in [7, 11) is 0. The Morgan fingerprint density at radius 2 is 2.10 bits per heavy atom. The maximum Gasteiger partial charge on any atom is 0.272 e. The molecule has 3 heterocycles. The Kier molecular flexibility index (Phi) is 6.28. The van der Waals surface area contributed by atoms with Gasteiger partial charge in [0, 0.05) is 29.9 Å². The van der Waals surface area contributed by atoms with Gasteiger partial charge in [0.1, 0.15) is 5.82 Å². The minimum atomic E-state index is -2.58. The molecular weight excluding hydrogens is 394 g/mol. The Balaban J connectivity index is 1.87. The van der Waals surface area contributed by atoms with Crippen LogP contribution in [0, 0.1) is 6.92 Å². The lowest BCUT2D eigenvalue weighted by Gasteiger charge is -2.30. The number of pyridine rings is 2. The fourth-order valence-corrected chi connectivity index (χ4v) is 3.63. The number of aromatic nitrogens is 2. The summed E-state index contributed by atoms with van der Waals surface area (Å²) < 4.78 is 29.8. The van der Waals surface area contributed by atoms with Crippen molar-refractivity contribution in [2.24, 2.45) is 0 Å². The molecule has 3 rings (SSSR count). The molecule has 0 bridgehead atoms. The number of hydrogen-bond donors (Lipinski definition) is 1. The molecule has 1 aliphatic rings. The second-order valence-corrected chi connectivity index (χ2v) is 7.18. The van der Waals surface area contributed by atoms with Crippen LogP contribution < -0.4 is 10.1 Å². The molecule has 2 unspecified atom stereocenters. The number of rotatable bonds is 7. The third-order valence-corrected chi connectivity index (χ3v) is 5.17. The summed E-state index contributed by atoms with van der Waals surface area (Å²) in [5.41, 5.74) is 2.53. The van der Waals surface area contributed by atoms with Crippen LogP contribution in [-0.4, -0.2) is 39.7 Å². The van der Waals surface area contributed by atoms with E-state index in [0.29, 0.717) is 28.9 Å². The van der Waals surface area contributed by atoms with Crippen molar-refractivity contribution in [1.29, 1.82) is 0 Å². The zero-order valence-corrected chi connectivity index (χ0v) is 17.3. The van der Waals surface area contributed by atoms with Gasteiger partial charge in [-0.05, 0) is 38.5 Å². The van der Waals surface area contributed by atoms with Gasteiger partial charge in [-0.1, -0.05) is 6.92 Å². The lowest BCUT2D eigenvalue weighted by atomic mass is 10.0. The van der Waals surface area contributed by atoms with Gasteiger partial charge < -0.3 is 15.0 Å². The molecule has 2 atom stereocenters. The van der Waals surface area contributed by atoms with E-state index in [4.69, 9.17) is 4.74 Å². The number of fused-ring (bicyclic) bond motifs is 1. The Morgan fingerprint density at radius 1 is 1.37 bits per heavy atom. The van der Waals surface area contributed by atoms with Crippen molar-refractivity contribution in [2.75, 3.05) is 11.9 Å². The summed E-state index contributed by atoms with van der Waals surface area (Å²) in [6, 6.07) is 2.76. The largest absolute Gasteiger partial charge is 0.471 e. The zero-order chi connectivity index (χ0) is 22.0. The molecule has 0 aromatic carbocycles. The number of carbonyl (C=O) groups is 2. The molecule has 30 heavy (non-hydrogen) atoms. The smallest absolute Gasteiger partial charge is 0.272 e. The van der Waals surface area contributed by atoms with Crippen molar-refractivity contribution < 1.29 is 23.1 Å². The highest BCUT2D eigenvalue weighted by Crippen LogP contribution is 2.42. The Hall–Kier alpha value is -3.10. The number of carbonyl (C=O) groups excluding carboxylic acids is 2. The molecule has 160 valence electrons. The van der Waals surface area contributed by atoms with E-state index in [2.05, 4.69) is 15.3 Å². The summed E-state index contributed by atoms with van der Waals surface area (Å²) in [4.78, 5) is 35.1. The maximum atomic E-state index is 13.1. The number of alkyl halides is 2. The number of hydrogen-bond acceptors (Lipinski definition) is 5. The molecule has 0 spiro atoms. The monoisotopic (exact) mass is 418 g/mol. The third-order valence-electron chi connectivity index (χ3n) is 5.17. The summed E-state index contributed by atoms with van der Waals surface area (Å²) in [5.74, 6) is 0.181. The molecule has 0 fully saturated rings. The molecule has 1 N–H and O–H groups in total. The topological polar surface area (TPSA) is 84.4 Å². The first kappa shape index (κ1) is 21.6. The highest BCUT2D eigenvalue weighted by Gasteiger charge is 2.39. The van der Waals surface area contributed by atoms with Gasteiger partial charge in [-0.3, -0.25) is 9.59 Å². The molecule has 0 saturated heterocycles. The van der Waals surface area contributed by atoms with Gasteiger partial charge in [0.05, 0.1) is 17.6 Å². The second-order valence-electron chi connectivity index (χ2n) is 7.18. The SMILES string of the molecule is CCC(=O)Nc1nccc2c1C(C)N(C(C)c1cnc(OCC(F)F)c(C)c1)C2=O. The van der Waals surface area contributed by atoms with Crippen LogP contribution in [0.5, 0.6) is 5.88 Å². The van der Waals surface area contributed by atoms with Crippen molar-refractivity contribution in [3.8, 4) is 5.88 Å². The zero-order valence-electron chi connectivity index (χ0n) is 17.3. The van der Waals surface area contributed by atoms with Gasteiger partial charge in [-0.2, -0.15) is 0 Å². The van der Waals surface area contributed by atoms with E-state index >= 15 is 0 Å². The van der Waals surface area contributed by atoms with E-state index in [0.717, 1.165) is 5.56 Å². The van der Waals surface area contributed by atoms with Crippen LogP contribution in [0.15, 0.2) is 24.5 Å². The average Bonchev–Trinajstić information content (AvgIpc) is 2.97. The quantitative estimate of drug-likeness (QED) is 0.733. The first-order chi connectivity index (χ1) is 14.2. The molecule has 0 aliphatic carbocycles. The number of ether oxygens (including phenoxy) is 1. The van der Waals surface area contributed by atoms with Crippen LogP contribution in [0.2, 0.25) is 0 Å². The maximum absolute atomic E-state index is 13.1. The number of halogens is 2. The van der Waals surface area contributed by atoms with Gasteiger partial charge >= 0.3 is 0 Å². The highest BCUT2D eigenvalue weighted by atomic mass is 19.3. The van der Waals surface area contributed by atoms with Crippen LogP contribution in [0.25, 0.3) is 0 Å². The van der Waals surface area contributed by atoms with E-state index in [-0.39, 0.29) is 29.8 Å². The summed E-state index contributed by atoms with van der Waals surface area (Å²) in [5, 5.41) is 2.76. The normalized spacial score (nSPS) is 16.6. The predicted octanol–water partition coefficient (Wildman–Crippen LogP) is 4.06. The van der Waals surface area contributed by atoms with Gasteiger partial charge in [0.2, 0.25) is 11.8 Å². The van der Waals surface area contributed by atoms with E-state index in [1.807, 2.05) is 13.8 Å². The predicted molar refractivity (Wildman–Crippen MR) is 107 cm³/mol. The second kappa shape index (κ2) is 8.73. The number of nitrogens with one attached hydrogen (secondary N) is 1. The molecule has 2 aromatic heterocycles.